The van der Waals surface area contributed by atoms with Gasteiger partial charge in [0.1, 0.15) is 0 Å². The van der Waals surface area contributed by atoms with Gasteiger partial charge in [0.15, 0.2) is 0 Å². The van der Waals surface area contributed by atoms with Gasteiger partial charge < -0.3 is 9.80 Å². The minimum atomic E-state index is -0.102. The fourth-order valence-corrected chi connectivity index (χ4v) is 3.60. The van der Waals surface area contributed by atoms with Crippen LogP contribution in [0.4, 0.5) is 0 Å². The van der Waals surface area contributed by atoms with Crippen LogP contribution in [0, 0.1) is 11.3 Å². The summed E-state index contributed by atoms with van der Waals surface area (Å²) in [6.45, 7) is 1.94. The Morgan fingerprint density at radius 1 is 0.786 bits per heavy atom. The minimum absolute atomic E-state index is 0.00428. The Balaban J connectivity index is 1.47. The molecule has 138 valence electrons. The molecule has 0 bridgehead atoms. The van der Waals surface area contributed by atoms with Crippen molar-refractivity contribution in [3.8, 4) is 6.07 Å². The molecule has 0 radical (unpaired) electrons. The van der Waals surface area contributed by atoms with Gasteiger partial charge in [0.25, 0.3) is 11.8 Å². The van der Waals surface area contributed by atoms with Crippen LogP contribution in [-0.4, -0.2) is 47.8 Å². The maximum atomic E-state index is 13.0. The molecule has 1 aliphatic rings. The number of carbonyl (C=O) groups excluding carboxylic acids is 2. The molecule has 0 N–H and O–H groups in total. The summed E-state index contributed by atoms with van der Waals surface area (Å²) in [6, 6.07) is 22.4. The average Bonchev–Trinajstić information content (AvgIpc) is 2.78. The number of rotatable bonds is 2. The Kier molecular flexibility index (Phi) is 4.77. The van der Waals surface area contributed by atoms with E-state index in [1.54, 1.807) is 34.1 Å². The van der Waals surface area contributed by atoms with E-state index in [4.69, 9.17) is 5.26 Å². The van der Waals surface area contributed by atoms with E-state index in [9.17, 15) is 9.59 Å². The number of hydrogen-bond acceptors (Lipinski definition) is 3. The Labute approximate surface area is 163 Å². The van der Waals surface area contributed by atoms with Gasteiger partial charge in [0, 0.05) is 37.3 Å². The molecule has 1 fully saturated rings. The van der Waals surface area contributed by atoms with E-state index >= 15 is 0 Å². The summed E-state index contributed by atoms with van der Waals surface area (Å²) < 4.78 is 0. The minimum Gasteiger partial charge on any atom is -0.335 e. The van der Waals surface area contributed by atoms with E-state index < -0.39 is 0 Å². The highest BCUT2D eigenvalue weighted by Gasteiger charge is 2.26. The number of amides is 2. The average molecular weight is 369 g/mol. The van der Waals surface area contributed by atoms with Gasteiger partial charge >= 0.3 is 0 Å². The fourth-order valence-electron chi connectivity index (χ4n) is 3.60. The Hall–Kier alpha value is -3.65. The third-order valence-electron chi connectivity index (χ3n) is 5.11. The molecular weight excluding hydrogens is 350 g/mol. The van der Waals surface area contributed by atoms with Crippen LogP contribution in [0.25, 0.3) is 10.8 Å². The molecule has 5 nitrogen and oxygen atoms in total. The van der Waals surface area contributed by atoms with Gasteiger partial charge in [0.2, 0.25) is 0 Å². The lowest BCUT2D eigenvalue weighted by molar-refractivity contribution is 0.0536. The van der Waals surface area contributed by atoms with Crippen LogP contribution in [0.1, 0.15) is 26.3 Å². The van der Waals surface area contributed by atoms with Crippen LogP contribution in [0.2, 0.25) is 0 Å². The third kappa shape index (κ3) is 3.33. The number of nitrogens with zero attached hydrogens (tertiary/aromatic N) is 3. The number of hydrogen-bond donors (Lipinski definition) is 0. The molecule has 4 rings (SSSR count). The highest BCUT2D eigenvalue weighted by atomic mass is 16.2. The van der Waals surface area contributed by atoms with Gasteiger partial charge in [-0.25, -0.2) is 0 Å². The molecule has 2 amide bonds. The zero-order valence-electron chi connectivity index (χ0n) is 15.3. The molecule has 0 aliphatic carbocycles. The van der Waals surface area contributed by atoms with Crippen LogP contribution in [0.5, 0.6) is 0 Å². The topological polar surface area (TPSA) is 64.4 Å². The van der Waals surface area contributed by atoms with E-state index in [0.717, 1.165) is 10.8 Å². The van der Waals surface area contributed by atoms with Crippen molar-refractivity contribution < 1.29 is 9.59 Å². The molecule has 5 heteroatoms. The van der Waals surface area contributed by atoms with E-state index in [1.807, 2.05) is 42.5 Å². The Bertz CT molecular complexity index is 1090. The summed E-state index contributed by atoms with van der Waals surface area (Å²) in [5.41, 5.74) is 1.67. The van der Waals surface area contributed by atoms with Gasteiger partial charge in [-0.3, -0.25) is 9.59 Å². The van der Waals surface area contributed by atoms with Crippen molar-refractivity contribution in [1.29, 1.82) is 5.26 Å². The highest BCUT2D eigenvalue weighted by Crippen LogP contribution is 2.21. The maximum absolute atomic E-state index is 13.0. The predicted molar refractivity (Wildman–Crippen MR) is 107 cm³/mol. The van der Waals surface area contributed by atoms with Crippen LogP contribution in [-0.2, 0) is 0 Å². The smallest absolute Gasteiger partial charge is 0.254 e. The van der Waals surface area contributed by atoms with Gasteiger partial charge in [-0.15, -0.1) is 0 Å². The first-order valence-corrected chi connectivity index (χ1v) is 9.24. The Morgan fingerprint density at radius 3 is 2.18 bits per heavy atom. The zero-order valence-corrected chi connectivity index (χ0v) is 15.3. The fraction of sp³-hybridized carbons (Fsp3) is 0.174. The van der Waals surface area contributed by atoms with E-state index in [0.29, 0.717) is 42.9 Å². The molecule has 0 atom stereocenters. The van der Waals surface area contributed by atoms with Gasteiger partial charge in [-0.1, -0.05) is 42.5 Å². The summed E-state index contributed by atoms with van der Waals surface area (Å²) in [4.78, 5) is 29.3. The van der Waals surface area contributed by atoms with Crippen molar-refractivity contribution >= 4 is 22.6 Å². The van der Waals surface area contributed by atoms with Crippen molar-refractivity contribution in [3.05, 3.63) is 83.4 Å². The molecule has 28 heavy (non-hydrogen) atoms. The van der Waals surface area contributed by atoms with E-state index in [-0.39, 0.29) is 11.8 Å². The van der Waals surface area contributed by atoms with Gasteiger partial charge in [0.05, 0.1) is 11.6 Å². The molecule has 1 saturated heterocycles. The third-order valence-corrected chi connectivity index (χ3v) is 5.11. The summed E-state index contributed by atoms with van der Waals surface area (Å²) in [5, 5.41) is 11.0. The molecule has 3 aromatic rings. The second-order valence-electron chi connectivity index (χ2n) is 6.80. The number of benzene rings is 3. The molecule has 0 saturated carbocycles. The van der Waals surface area contributed by atoms with Crippen LogP contribution in [0.3, 0.4) is 0 Å². The first-order chi connectivity index (χ1) is 13.7. The lowest BCUT2D eigenvalue weighted by Crippen LogP contribution is -2.50. The highest BCUT2D eigenvalue weighted by molar-refractivity contribution is 6.07. The van der Waals surface area contributed by atoms with E-state index in [2.05, 4.69) is 6.07 Å². The summed E-state index contributed by atoms with van der Waals surface area (Å²) in [7, 11) is 0. The zero-order chi connectivity index (χ0) is 19.5. The van der Waals surface area contributed by atoms with Crippen molar-refractivity contribution in [1.82, 2.24) is 9.80 Å². The van der Waals surface area contributed by atoms with Crippen molar-refractivity contribution in [3.63, 3.8) is 0 Å². The van der Waals surface area contributed by atoms with Gasteiger partial charge in [-0.2, -0.15) is 5.26 Å². The van der Waals surface area contributed by atoms with E-state index in [1.165, 1.54) is 0 Å². The second kappa shape index (κ2) is 7.53. The maximum Gasteiger partial charge on any atom is 0.254 e. The molecule has 3 aromatic carbocycles. The summed E-state index contributed by atoms with van der Waals surface area (Å²) in [5.74, 6) is -0.107. The largest absolute Gasteiger partial charge is 0.335 e. The number of nitriles is 1. The summed E-state index contributed by atoms with van der Waals surface area (Å²) in [6.07, 6.45) is 0. The predicted octanol–water partition coefficient (Wildman–Crippen LogP) is 3.31. The van der Waals surface area contributed by atoms with Crippen LogP contribution < -0.4 is 0 Å². The normalized spacial score (nSPS) is 14.0. The quantitative estimate of drug-likeness (QED) is 0.696. The molecule has 0 spiro atoms. The number of carbonyl (C=O) groups is 2. The first kappa shape index (κ1) is 17.7. The van der Waals surface area contributed by atoms with Crippen molar-refractivity contribution in [2.45, 2.75) is 0 Å². The van der Waals surface area contributed by atoms with Crippen LogP contribution in [0.15, 0.2) is 66.7 Å². The standard InChI is InChI=1S/C23H19N3O2/c24-16-17-5-3-8-19(15-17)22(27)25-11-13-26(14-12-25)23(28)21-10-4-7-18-6-1-2-9-20(18)21/h1-10,15H,11-14H2. The first-order valence-electron chi connectivity index (χ1n) is 9.24. The lowest BCUT2D eigenvalue weighted by atomic mass is 10.0. The van der Waals surface area contributed by atoms with Crippen molar-refractivity contribution in [2.75, 3.05) is 26.2 Å². The van der Waals surface area contributed by atoms with Crippen LogP contribution >= 0.6 is 0 Å². The second-order valence-corrected chi connectivity index (χ2v) is 6.80. The number of fused-ring (bicyclic) bond motifs is 1. The lowest BCUT2D eigenvalue weighted by Gasteiger charge is -2.35. The van der Waals surface area contributed by atoms with Gasteiger partial charge in [-0.05, 0) is 35.0 Å². The molecular formula is C23H19N3O2. The van der Waals surface area contributed by atoms with Crippen molar-refractivity contribution in [2.24, 2.45) is 0 Å². The molecule has 1 heterocycles. The molecule has 1 aliphatic heterocycles. The molecule has 0 aromatic heterocycles. The number of piperazine rings is 1. The SMILES string of the molecule is N#Cc1cccc(C(=O)N2CCN(C(=O)c3cccc4ccccc34)CC2)c1. The monoisotopic (exact) mass is 369 g/mol. The summed E-state index contributed by atoms with van der Waals surface area (Å²) >= 11 is 0. The molecule has 0 unspecified atom stereocenters. The Morgan fingerprint density at radius 2 is 1.43 bits per heavy atom.